The predicted octanol–water partition coefficient (Wildman–Crippen LogP) is 4.27. The number of benzene rings is 2. The van der Waals surface area contributed by atoms with Crippen molar-refractivity contribution in [2.45, 2.75) is 32.8 Å². The van der Waals surface area contributed by atoms with Gasteiger partial charge in [0.05, 0.1) is 23.9 Å². The molecule has 0 spiro atoms. The molecule has 2 aromatic carbocycles. The molecule has 0 aliphatic rings. The Kier molecular flexibility index (Phi) is 5.18. The smallest absolute Gasteiger partial charge is 0.371 e. The molecule has 4 rings (SSSR count). The summed E-state index contributed by atoms with van der Waals surface area (Å²) in [7, 11) is 0. The molecule has 0 amide bonds. The molecule has 0 fully saturated rings. The second-order valence-electron chi connectivity index (χ2n) is 8.46. The van der Waals surface area contributed by atoms with Crippen molar-refractivity contribution in [1.82, 2.24) is 9.78 Å². The second-order valence-corrected chi connectivity index (χ2v) is 8.46. The lowest BCUT2D eigenvalue weighted by Crippen LogP contribution is -2.24. The molecule has 8 heteroatoms. The molecule has 2 aromatic heterocycles. The van der Waals surface area contributed by atoms with Gasteiger partial charge in [-0.3, -0.25) is 4.79 Å². The molecule has 0 saturated heterocycles. The van der Waals surface area contributed by atoms with Gasteiger partial charge in [0.1, 0.15) is 11.6 Å². The summed E-state index contributed by atoms with van der Waals surface area (Å²) in [5.41, 5.74) is 0.698. The third-order valence-corrected chi connectivity index (χ3v) is 5.33. The van der Waals surface area contributed by atoms with E-state index in [4.69, 9.17) is 9.52 Å². The summed E-state index contributed by atoms with van der Waals surface area (Å²) in [5.74, 6) is -1.92. The second kappa shape index (κ2) is 7.72. The summed E-state index contributed by atoms with van der Waals surface area (Å²) in [6, 6.07) is 10.7. The maximum Gasteiger partial charge on any atom is 0.371 e. The number of aliphatic hydroxyl groups excluding tert-OH is 1. The van der Waals surface area contributed by atoms with Crippen molar-refractivity contribution < 1.29 is 23.8 Å². The first-order valence-electron chi connectivity index (χ1n) is 9.90. The summed E-state index contributed by atoms with van der Waals surface area (Å²) in [6.45, 7) is 5.37. The van der Waals surface area contributed by atoms with Gasteiger partial charge in [-0.1, -0.05) is 32.9 Å². The molecule has 0 unspecified atom stereocenters. The van der Waals surface area contributed by atoms with E-state index in [1.165, 1.54) is 24.4 Å². The lowest BCUT2D eigenvalue weighted by atomic mass is 9.86. The average molecular weight is 436 g/mol. The van der Waals surface area contributed by atoms with E-state index in [2.05, 4.69) is 5.10 Å². The van der Waals surface area contributed by atoms with Crippen LogP contribution < -0.4 is 5.56 Å². The van der Waals surface area contributed by atoms with Crippen LogP contribution in [-0.4, -0.2) is 26.0 Å². The third kappa shape index (κ3) is 3.58. The number of aliphatic hydroxyl groups is 1. The Morgan fingerprint density at radius 1 is 1.19 bits per heavy atom. The maximum atomic E-state index is 15.0. The molecule has 7 nitrogen and oxygen atoms in total. The van der Waals surface area contributed by atoms with Gasteiger partial charge < -0.3 is 14.6 Å². The monoisotopic (exact) mass is 436 g/mol. The zero-order valence-electron chi connectivity index (χ0n) is 17.7. The number of aromatic nitrogens is 2. The van der Waals surface area contributed by atoms with E-state index in [1.807, 2.05) is 20.8 Å². The minimum Gasteiger partial charge on any atom is -0.475 e. The minimum absolute atomic E-state index is 0.103. The number of carboxylic acid groups (broad SMARTS) is 1. The van der Waals surface area contributed by atoms with Crippen LogP contribution in [0, 0.1) is 5.82 Å². The molecule has 0 aliphatic heterocycles. The van der Waals surface area contributed by atoms with Crippen LogP contribution in [0.1, 0.15) is 42.5 Å². The summed E-state index contributed by atoms with van der Waals surface area (Å²) in [4.78, 5) is 24.3. The maximum absolute atomic E-state index is 15.0. The van der Waals surface area contributed by atoms with Gasteiger partial charge in [0.25, 0.3) is 5.56 Å². The van der Waals surface area contributed by atoms with Gasteiger partial charge in [0, 0.05) is 16.5 Å². The fourth-order valence-electron chi connectivity index (χ4n) is 3.61. The van der Waals surface area contributed by atoms with Crippen LogP contribution in [0.15, 0.2) is 57.9 Å². The predicted molar refractivity (Wildman–Crippen MR) is 117 cm³/mol. The Bertz CT molecular complexity index is 1410. The van der Waals surface area contributed by atoms with Gasteiger partial charge in [-0.2, -0.15) is 9.78 Å². The molecular weight excluding hydrogens is 415 g/mol. The standard InChI is InChI=1S/C24H21FN2O5/c1-24(2,3)14-9-13-11-26-27(22(29)21(13)17(25)10-14)18-6-4-5-15(16(18)12-28)19-7-8-20(32-19)23(30)31/h4-11,28H,12H2,1-3H3,(H,30,31). The van der Waals surface area contributed by atoms with Crippen LogP contribution in [0.5, 0.6) is 0 Å². The van der Waals surface area contributed by atoms with Crippen LogP contribution in [0.3, 0.4) is 0 Å². The quantitative estimate of drug-likeness (QED) is 0.495. The fourth-order valence-corrected chi connectivity index (χ4v) is 3.61. The average Bonchev–Trinajstić information content (AvgIpc) is 3.23. The van der Waals surface area contributed by atoms with E-state index in [0.29, 0.717) is 16.5 Å². The highest BCUT2D eigenvalue weighted by molar-refractivity contribution is 5.85. The first kappa shape index (κ1) is 21.5. The van der Waals surface area contributed by atoms with Gasteiger partial charge >= 0.3 is 5.97 Å². The van der Waals surface area contributed by atoms with E-state index in [9.17, 15) is 19.1 Å². The van der Waals surface area contributed by atoms with Crippen molar-refractivity contribution in [3.05, 3.63) is 81.7 Å². The number of aromatic carboxylic acids is 1. The third-order valence-electron chi connectivity index (χ3n) is 5.33. The van der Waals surface area contributed by atoms with E-state index < -0.39 is 24.0 Å². The van der Waals surface area contributed by atoms with Crippen molar-refractivity contribution in [3.8, 4) is 17.0 Å². The number of hydrogen-bond acceptors (Lipinski definition) is 5. The van der Waals surface area contributed by atoms with Crippen molar-refractivity contribution in [2.24, 2.45) is 0 Å². The van der Waals surface area contributed by atoms with Crippen molar-refractivity contribution in [1.29, 1.82) is 0 Å². The van der Waals surface area contributed by atoms with Crippen LogP contribution in [0.4, 0.5) is 4.39 Å². The highest BCUT2D eigenvalue weighted by Gasteiger charge is 2.21. The lowest BCUT2D eigenvalue weighted by molar-refractivity contribution is 0.0663. The van der Waals surface area contributed by atoms with Crippen molar-refractivity contribution in [3.63, 3.8) is 0 Å². The number of furan rings is 1. The van der Waals surface area contributed by atoms with Crippen LogP contribution in [0.2, 0.25) is 0 Å². The van der Waals surface area contributed by atoms with Crippen molar-refractivity contribution >= 4 is 16.7 Å². The van der Waals surface area contributed by atoms with Gasteiger partial charge in [-0.15, -0.1) is 0 Å². The van der Waals surface area contributed by atoms with Crippen LogP contribution >= 0.6 is 0 Å². The molecule has 2 N–H and O–H groups in total. The lowest BCUT2D eigenvalue weighted by Gasteiger charge is -2.20. The Hall–Kier alpha value is -3.78. The molecule has 0 atom stereocenters. The molecule has 32 heavy (non-hydrogen) atoms. The van der Waals surface area contributed by atoms with E-state index >= 15 is 0 Å². The fraction of sp³-hybridized carbons (Fsp3) is 0.208. The highest BCUT2D eigenvalue weighted by atomic mass is 19.1. The molecule has 0 bridgehead atoms. The van der Waals surface area contributed by atoms with E-state index in [-0.39, 0.29) is 28.0 Å². The molecule has 4 aromatic rings. The normalized spacial score (nSPS) is 11.8. The molecular formula is C24H21FN2O5. The zero-order valence-corrected chi connectivity index (χ0v) is 17.7. The van der Waals surface area contributed by atoms with E-state index in [1.54, 1.807) is 24.3 Å². The van der Waals surface area contributed by atoms with Gasteiger partial charge in [-0.05, 0) is 41.3 Å². The Labute approximate surface area is 182 Å². The molecule has 2 heterocycles. The molecule has 0 aliphatic carbocycles. The number of hydrogen-bond donors (Lipinski definition) is 2. The number of rotatable bonds is 4. The first-order chi connectivity index (χ1) is 15.1. The Morgan fingerprint density at radius 3 is 2.56 bits per heavy atom. The summed E-state index contributed by atoms with van der Waals surface area (Å²) >= 11 is 0. The summed E-state index contributed by atoms with van der Waals surface area (Å²) < 4.78 is 21.4. The van der Waals surface area contributed by atoms with Crippen LogP contribution in [0.25, 0.3) is 27.8 Å². The zero-order chi connectivity index (χ0) is 23.2. The van der Waals surface area contributed by atoms with Crippen LogP contribution in [-0.2, 0) is 12.0 Å². The largest absolute Gasteiger partial charge is 0.475 e. The minimum atomic E-state index is -1.23. The molecule has 164 valence electrons. The first-order valence-corrected chi connectivity index (χ1v) is 9.90. The Morgan fingerprint density at radius 2 is 1.94 bits per heavy atom. The van der Waals surface area contributed by atoms with Gasteiger partial charge in [0.2, 0.25) is 5.76 Å². The van der Waals surface area contributed by atoms with Gasteiger partial charge in [-0.25, -0.2) is 9.18 Å². The number of nitrogens with zero attached hydrogens (tertiary/aromatic N) is 2. The SMILES string of the molecule is CC(C)(C)c1cc(F)c2c(=O)n(-c3cccc(-c4ccc(C(=O)O)o4)c3CO)ncc2c1. The number of carboxylic acids is 1. The molecule has 0 saturated carbocycles. The molecule has 0 radical (unpaired) electrons. The van der Waals surface area contributed by atoms with E-state index in [0.717, 1.165) is 10.2 Å². The Balaban J connectivity index is 1.93. The highest BCUT2D eigenvalue weighted by Crippen LogP contribution is 2.31. The number of halogens is 1. The topological polar surface area (TPSA) is 106 Å². The summed E-state index contributed by atoms with van der Waals surface area (Å²) in [5, 5.41) is 23.7. The number of fused-ring (bicyclic) bond motifs is 1. The summed E-state index contributed by atoms with van der Waals surface area (Å²) in [6.07, 6.45) is 1.41. The number of carbonyl (C=O) groups is 1. The van der Waals surface area contributed by atoms with Gasteiger partial charge in [0.15, 0.2) is 0 Å². The van der Waals surface area contributed by atoms with Crippen molar-refractivity contribution in [2.75, 3.05) is 0 Å².